The largest absolute Gasteiger partial charge is 0.469 e. The SMILES string of the molecule is COC(=O)[C@@H]1CCC[C@H]1NC(=O)OC(C)(C)C. The number of ether oxygens (including phenoxy) is 2. The van der Waals surface area contributed by atoms with E-state index in [1.54, 1.807) is 20.8 Å². The van der Waals surface area contributed by atoms with E-state index in [0.29, 0.717) is 0 Å². The lowest BCUT2D eigenvalue weighted by atomic mass is 10.0. The molecule has 17 heavy (non-hydrogen) atoms. The van der Waals surface area contributed by atoms with Crippen molar-refractivity contribution in [2.45, 2.75) is 51.7 Å². The summed E-state index contributed by atoms with van der Waals surface area (Å²) in [6.45, 7) is 5.41. The first-order valence-electron chi connectivity index (χ1n) is 5.91. The summed E-state index contributed by atoms with van der Waals surface area (Å²) in [5.74, 6) is -0.504. The molecule has 0 aliphatic heterocycles. The smallest absolute Gasteiger partial charge is 0.407 e. The molecule has 0 aromatic carbocycles. The molecule has 5 nitrogen and oxygen atoms in total. The van der Waals surface area contributed by atoms with Crippen molar-refractivity contribution >= 4 is 12.1 Å². The van der Waals surface area contributed by atoms with Gasteiger partial charge in [0.25, 0.3) is 0 Å². The highest BCUT2D eigenvalue weighted by molar-refractivity contribution is 5.75. The van der Waals surface area contributed by atoms with Crippen molar-refractivity contribution in [3.8, 4) is 0 Å². The molecule has 0 radical (unpaired) electrons. The van der Waals surface area contributed by atoms with Gasteiger partial charge in [-0.05, 0) is 33.6 Å². The van der Waals surface area contributed by atoms with Crippen LogP contribution in [-0.4, -0.2) is 30.8 Å². The van der Waals surface area contributed by atoms with Gasteiger partial charge in [0.1, 0.15) is 5.60 Å². The minimum atomic E-state index is -0.524. The number of carbonyl (C=O) groups is 2. The maximum absolute atomic E-state index is 11.6. The molecule has 0 saturated heterocycles. The molecule has 1 aliphatic carbocycles. The van der Waals surface area contributed by atoms with Gasteiger partial charge >= 0.3 is 12.1 Å². The van der Waals surface area contributed by atoms with Gasteiger partial charge in [0.05, 0.1) is 13.0 Å². The van der Waals surface area contributed by atoms with Crippen molar-refractivity contribution in [3.05, 3.63) is 0 Å². The van der Waals surface area contributed by atoms with Gasteiger partial charge in [-0.25, -0.2) is 4.79 Å². The third-order valence-electron chi connectivity index (χ3n) is 2.72. The van der Waals surface area contributed by atoms with Gasteiger partial charge in [-0.1, -0.05) is 6.42 Å². The van der Waals surface area contributed by atoms with Crippen LogP contribution in [0.25, 0.3) is 0 Å². The van der Waals surface area contributed by atoms with Crippen LogP contribution in [0.1, 0.15) is 40.0 Å². The number of carbonyl (C=O) groups excluding carboxylic acids is 2. The summed E-state index contributed by atoms with van der Waals surface area (Å²) in [7, 11) is 1.37. The van der Waals surface area contributed by atoms with Crippen LogP contribution in [0, 0.1) is 5.92 Å². The van der Waals surface area contributed by atoms with E-state index < -0.39 is 11.7 Å². The van der Waals surface area contributed by atoms with E-state index in [2.05, 4.69) is 5.32 Å². The Kier molecular flexibility index (Phi) is 4.37. The molecule has 1 aliphatic rings. The quantitative estimate of drug-likeness (QED) is 0.752. The minimum absolute atomic E-state index is 0.169. The van der Waals surface area contributed by atoms with E-state index in [-0.39, 0.29) is 17.9 Å². The molecular formula is C12H21NO4. The Balaban J connectivity index is 2.50. The molecule has 0 aromatic heterocycles. The molecule has 98 valence electrons. The predicted molar refractivity (Wildman–Crippen MR) is 62.5 cm³/mol. The van der Waals surface area contributed by atoms with Crippen molar-refractivity contribution in [1.82, 2.24) is 5.32 Å². The summed E-state index contributed by atoms with van der Waals surface area (Å²) in [6.07, 6.45) is 1.99. The standard InChI is InChI=1S/C12H21NO4/c1-12(2,3)17-11(15)13-9-7-5-6-8(9)10(14)16-4/h8-9H,5-7H2,1-4H3,(H,13,15)/t8-,9-/m1/s1. The number of esters is 1. The zero-order chi connectivity index (χ0) is 13.1. The fraction of sp³-hybridized carbons (Fsp3) is 0.833. The number of hydrogen-bond acceptors (Lipinski definition) is 4. The topological polar surface area (TPSA) is 64.6 Å². The molecule has 2 atom stereocenters. The first-order valence-corrected chi connectivity index (χ1v) is 5.91. The molecule has 1 N–H and O–H groups in total. The maximum atomic E-state index is 11.6. The summed E-state index contributed by atoms with van der Waals surface area (Å²) in [5, 5.41) is 2.74. The fourth-order valence-corrected chi connectivity index (χ4v) is 2.03. The third-order valence-corrected chi connectivity index (χ3v) is 2.72. The Bertz CT molecular complexity index is 295. The molecule has 1 saturated carbocycles. The zero-order valence-electron chi connectivity index (χ0n) is 10.9. The highest BCUT2D eigenvalue weighted by atomic mass is 16.6. The van der Waals surface area contributed by atoms with Crippen LogP contribution in [0.5, 0.6) is 0 Å². The van der Waals surface area contributed by atoms with Crippen molar-refractivity contribution < 1.29 is 19.1 Å². The first-order chi connectivity index (χ1) is 7.83. The molecule has 0 spiro atoms. The van der Waals surface area contributed by atoms with E-state index in [1.807, 2.05) is 0 Å². The Labute approximate surface area is 102 Å². The highest BCUT2D eigenvalue weighted by Crippen LogP contribution is 2.27. The van der Waals surface area contributed by atoms with Crippen LogP contribution >= 0.6 is 0 Å². The van der Waals surface area contributed by atoms with Gasteiger partial charge in [0.15, 0.2) is 0 Å². The van der Waals surface area contributed by atoms with Crippen LogP contribution in [-0.2, 0) is 14.3 Å². The first kappa shape index (κ1) is 13.8. The molecule has 5 heteroatoms. The molecule has 1 rings (SSSR count). The van der Waals surface area contributed by atoms with Crippen molar-refractivity contribution in [3.63, 3.8) is 0 Å². The zero-order valence-corrected chi connectivity index (χ0v) is 10.9. The second kappa shape index (κ2) is 5.38. The third kappa shape index (κ3) is 4.24. The van der Waals surface area contributed by atoms with Gasteiger partial charge in [-0.15, -0.1) is 0 Å². The maximum Gasteiger partial charge on any atom is 0.407 e. The second-order valence-electron chi connectivity index (χ2n) is 5.31. The van der Waals surface area contributed by atoms with Crippen LogP contribution in [0.4, 0.5) is 4.79 Å². The lowest BCUT2D eigenvalue weighted by Crippen LogP contribution is -2.43. The van der Waals surface area contributed by atoms with Gasteiger partial charge in [0, 0.05) is 6.04 Å². The Morgan fingerprint density at radius 3 is 2.41 bits per heavy atom. The molecular weight excluding hydrogens is 222 g/mol. The van der Waals surface area contributed by atoms with E-state index in [4.69, 9.17) is 9.47 Å². The number of nitrogens with one attached hydrogen (secondary N) is 1. The number of alkyl carbamates (subject to hydrolysis) is 1. The molecule has 0 heterocycles. The number of amides is 1. The molecule has 0 aromatic rings. The molecule has 0 unspecified atom stereocenters. The lowest BCUT2D eigenvalue weighted by molar-refractivity contribution is -0.145. The second-order valence-corrected chi connectivity index (χ2v) is 5.31. The normalized spacial score (nSPS) is 24.2. The molecule has 0 bridgehead atoms. The van der Waals surface area contributed by atoms with Gasteiger partial charge < -0.3 is 14.8 Å². The summed E-state index contributed by atoms with van der Waals surface area (Å²) < 4.78 is 9.87. The number of hydrogen-bond donors (Lipinski definition) is 1. The van der Waals surface area contributed by atoms with Gasteiger partial charge in [-0.3, -0.25) is 4.79 Å². The van der Waals surface area contributed by atoms with Crippen molar-refractivity contribution in [1.29, 1.82) is 0 Å². The van der Waals surface area contributed by atoms with Gasteiger partial charge in [-0.2, -0.15) is 0 Å². The Morgan fingerprint density at radius 1 is 1.24 bits per heavy atom. The van der Waals surface area contributed by atoms with E-state index >= 15 is 0 Å². The molecule has 1 amide bonds. The van der Waals surface area contributed by atoms with Crippen LogP contribution < -0.4 is 5.32 Å². The van der Waals surface area contributed by atoms with Gasteiger partial charge in [0.2, 0.25) is 0 Å². The van der Waals surface area contributed by atoms with Crippen LogP contribution in [0.2, 0.25) is 0 Å². The predicted octanol–water partition coefficient (Wildman–Crippen LogP) is 1.85. The lowest BCUT2D eigenvalue weighted by Gasteiger charge is -2.23. The fourth-order valence-electron chi connectivity index (χ4n) is 2.03. The summed E-state index contributed by atoms with van der Waals surface area (Å²) >= 11 is 0. The molecule has 1 fully saturated rings. The highest BCUT2D eigenvalue weighted by Gasteiger charge is 2.35. The van der Waals surface area contributed by atoms with Crippen molar-refractivity contribution in [2.75, 3.05) is 7.11 Å². The number of rotatable bonds is 2. The van der Waals surface area contributed by atoms with E-state index in [9.17, 15) is 9.59 Å². The summed E-state index contributed by atoms with van der Waals surface area (Å²) in [4.78, 5) is 23.1. The van der Waals surface area contributed by atoms with Crippen molar-refractivity contribution in [2.24, 2.45) is 5.92 Å². The monoisotopic (exact) mass is 243 g/mol. The average molecular weight is 243 g/mol. The van der Waals surface area contributed by atoms with E-state index in [1.165, 1.54) is 7.11 Å². The Morgan fingerprint density at radius 2 is 1.88 bits per heavy atom. The van der Waals surface area contributed by atoms with Crippen LogP contribution in [0.15, 0.2) is 0 Å². The summed E-state index contributed by atoms with van der Waals surface area (Å²) in [6, 6.07) is -0.169. The van der Waals surface area contributed by atoms with E-state index in [0.717, 1.165) is 19.3 Å². The summed E-state index contributed by atoms with van der Waals surface area (Å²) in [5.41, 5.74) is -0.524. The number of methoxy groups -OCH3 is 1. The van der Waals surface area contributed by atoms with Crippen LogP contribution in [0.3, 0.4) is 0 Å². The average Bonchev–Trinajstić information content (AvgIpc) is 2.61. The Hall–Kier alpha value is -1.26. The minimum Gasteiger partial charge on any atom is -0.469 e.